The lowest BCUT2D eigenvalue weighted by atomic mass is 10.0. The van der Waals surface area contributed by atoms with Gasteiger partial charge in [0.2, 0.25) is 11.5 Å². The van der Waals surface area contributed by atoms with Gasteiger partial charge in [-0.2, -0.15) is 10.3 Å². The molecule has 0 atom stereocenters. The molecule has 174 valence electrons. The van der Waals surface area contributed by atoms with E-state index in [1.54, 1.807) is 0 Å². The minimum atomic E-state index is 0.557. The highest BCUT2D eigenvalue weighted by atomic mass is 15.5. The fourth-order valence-electron chi connectivity index (χ4n) is 3.62. The highest BCUT2D eigenvalue weighted by Crippen LogP contribution is 2.26. The Bertz CT molecular complexity index is 1110. The molecule has 3 aromatic rings. The number of unbranched alkanes of at least 4 members (excludes halogenated alkanes) is 2. The molecule has 0 saturated heterocycles. The zero-order valence-corrected chi connectivity index (χ0v) is 20.3. The van der Waals surface area contributed by atoms with E-state index in [-0.39, 0.29) is 0 Å². The Morgan fingerprint density at radius 1 is 1.12 bits per heavy atom. The minimum absolute atomic E-state index is 0.557. The maximum atomic E-state index is 4.82. The standard InChI is InChI=1S/C25H35N8/c1-6-8-14-23-26-24(15-9-7-2)33(29-23)18-19(3)16-17-22(32(4)5)20-12-10-11-13-21(20)25-27-30-31-28-25/h10-13,16-17H,4,6-9,14-15,18H2,1-3,5H3,(H,27,28,30,31)/q+1. The summed E-state index contributed by atoms with van der Waals surface area (Å²) in [4.78, 5) is 4.82. The summed E-state index contributed by atoms with van der Waals surface area (Å²) in [5.74, 6) is 2.59. The van der Waals surface area contributed by atoms with Gasteiger partial charge in [0.1, 0.15) is 19.6 Å². The second kappa shape index (κ2) is 12.0. The molecule has 0 aliphatic carbocycles. The average molecular weight is 448 g/mol. The van der Waals surface area contributed by atoms with Gasteiger partial charge in [0.25, 0.3) is 0 Å². The summed E-state index contributed by atoms with van der Waals surface area (Å²) >= 11 is 0. The van der Waals surface area contributed by atoms with Crippen molar-refractivity contribution in [1.82, 2.24) is 35.4 Å². The van der Waals surface area contributed by atoms with Crippen molar-refractivity contribution in [2.75, 3.05) is 7.05 Å². The summed E-state index contributed by atoms with van der Waals surface area (Å²) in [6.07, 6.45) is 10.6. The van der Waals surface area contributed by atoms with Crippen LogP contribution in [0.2, 0.25) is 0 Å². The molecule has 0 spiro atoms. The molecule has 1 N–H and O–H groups in total. The zero-order chi connectivity index (χ0) is 23.6. The molecule has 0 aliphatic heterocycles. The quantitative estimate of drug-likeness (QED) is 0.251. The number of nitrogens with one attached hydrogen (secondary N) is 1. The number of hydrogen-bond donors (Lipinski definition) is 1. The van der Waals surface area contributed by atoms with E-state index in [0.29, 0.717) is 5.82 Å². The van der Waals surface area contributed by atoms with Crippen LogP contribution in [0.5, 0.6) is 0 Å². The van der Waals surface area contributed by atoms with E-state index in [1.165, 1.54) is 5.57 Å². The van der Waals surface area contributed by atoms with Gasteiger partial charge in [-0.15, -0.1) is 10.2 Å². The van der Waals surface area contributed by atoms with Gasteiger partial charge in [-0.1, -0.05) is 56.5 Å². The first-order valence-corrected chi connectivity index (χ1v) is 11.7. The molecule has 33 heavy (non-hydrogen) atoms. The van der Waals surface area contributed by atoms with E-state index in [2.05, 4.69) is 64.9 Å². The number of rotatable bonds is 12. The molecule has 2 aromatic heterocycles. The van der Waals surface area contributed by atoms with E-state index in [9.17, 15) is 0 Å². The summed E-state index contributed by atoms with van der Waals surface area (Å²) < 4.78 is 3.93. The van der Waals surface area contributed by atoms with Crippen LogP contribution < -0.4 is 0 Å². The Hall–Kier alpha value is -3.42. The molecular formula is C25H35N8+. The van der Waals surface area contributed by atoms with Crippen LogP contribution in [-0.4, -0.2) is 53.7 Å². The second-order valence-electron chi connectivity index (χ2n) is 8.35. The van der Waals surface area contributed by atoms with Crippen LogP contribution in [-0.2, 0) is 19.4 Å². The van der Waals surface area contributed by atoms with Crippen LogP contribution in [0.1, 0.15) is 63.7 Å². The number of benzene rings is 1. The normalized spacial score (nSPS) is 12.4. The van der Waals surface area contributed by atoms with Gasteiger partial charge in [-0.25, -0.2) is 14.2 Å². The number of aryl methyl sites for hydroxylation is 2. The Labute approximate surface area is 196 Å². The lowest BCUT2D eigenvalue weighted by Crippen LogP contribution is -2.07. The summed E-state index contributed by atoms with van der Waals surface area (Å²) in [5.41, 5.74) is 4.05. The highest BCUT2D eigenvalue weighted by molar-refractivity contribution is 5.75. The van der Waals surface area contributed by atoms with Crippen LogP contribution in [0.25, 0.3) is 17.1 Å². The van der Waals surface area contributed by atoms with Gasteiger partial charge < -0.3 is 0 Å². The first-order valence-electron chi connectivity index (χ1n) is 11.7. The van der Waals surface area contributed by atoms with Gasteiger partial charge in [0, 0.05) is 24.5 Å². The molecule has 0 amide bonds. The third kappa shape index (κ3) is 6.54. The molecule has 0 fully saturated rings. The van der Waals surface area contributed by atoms with Gasteiger partial charge in [0.05, 0.1) is 12.1 Å². The van der Waals surface area contributed by atoms with Gasteiger partial charge >= 0.3 is 0 Å². The number of hydrogen-bond acceptors (Lipinski definition) is 5. The average Bonchev–Trinajstić information content (AvgIpc) is 3.47. The largest absolute Gasteiger partial charge is 0.246 e. The Morgan fingerprint density at radius 2 is 1.88 bits per heavy atom. The molecule has 0 unspecified atom stereocenters. The molecule has 1 aromatic carbocycles. The predicted molar refractivity (Wildman–Crippen MR) is 132 cm³/mol. The molecule has 2 heterocycles. The Morgan fingerprint density at radius 3 is 2.58 bits per heavy atom. The van der Waals surface area contributed by atoms with Gasteiger partial charge in [-0.05, 0) is 31.0 Å². The maximum absolute atomic E-state index is 4.82. The number of allylic oxidation sites excluding steroid dienone is 3. The molecule has 3 rings (SSSR count). The van der Waals surface area contributed by atoms with Crippen molar-refractivity contribution in [3.8, 4) is 11.4 Å². The summed E-state index contributed by atoms with van der Waals surface area (Å²) in [6, 6.07) is 8.00. The predicted octanol–water partition coefficient (Wildman–Crippen LogP) is 4.47. The van der Waals surface area contributed by atoms with Crippen molar-refractivity contribution >= 4 is 12.4 Å². The SMILES string of the molecule is C=[N+](C)C(=CC=C(C)Cn1nc(CCCC)nc1CCCC)c1ccccc1-c1nn[nH]n1. The van der Waals surface area contributed by atoms with Crippen LogP contribution in [0.4, 0.5) is 0 Å². The fraction of sp³-hybridized carbons (Fsp3) is 0.440. The molecule has 0 saturated carbocycles. The summed E-state index contributed by atoms with van der Waals surface area (Å²) in [6.45, 7) is 11.4. The number of H-pyrrole nitrogens is 1. The second-order valence-corrected chi connectivity index (χ2v) is 8.35. The van der Waals surface area contributed by atoms with Crippen molar-refractivity contribution in [2.24, 2.45) is 0 Å². The summed E-state index contributed by atoms with van der Waals surface area (Å²) in [5, 5.41) is 19.3. The number of nitrogens with zero attached hydrogens (tertiary/aromatic N) is 7. The maximum Gasteiger partial charge on any atom is 0.212 e. The zero-order valence-electron chi connectivity index (χ0n) is 20.3. The van der Waals surface area contributed by atoms with Crippen LogP contribution in [0, 0.1) is 0 Å². The number of aromatic nitrogens is 7. The Kier molecular flexibility index (Phi) is 8.80. The lowest BCUT2D eigenvalue weighted by Gasteiger charge is -2.07. The molecular weight excluding hydrogens is 412 g/mol. The van der Waals surface area contributed by atoms with Crippen LogP contribution in [0.3, 0.4) is 0 Å². The molecule has 8 nitrogen and oxygen atoms in total. The minimum Gasteiger partial charge on any atom is -0.246 e. The number of tetrazole rings is 1. The van der Waals surface area contributed by atoms with Crippen molar-refractivity contribution in [1.29, 1.82) is 0 Å². The van der Waals surface area contributed by atoms with Crippen molar-refractivity contribution in [3.05, 3.63) is 59.2 Å². The fourth-order valence-corrected chi connectivity index (χ4v) is 3.62. The first kappa shape index (κ1) is 24.2. The smallest absolute Gasteiger partial charge is 0.212 e. The van der Waals surface area contributed by atoms with Gasteiger partial charge in [0.15, 0.2) is 5.82 Å². The first-order chi connectivity index (χ1) is 16.0. The van der Waals surface area contributed by atoms with Crippen molar-refractivity contribution in [3.63, 3.8) is 0 Å². The third-order valence-electron chi connectivity index (χ3n) is 5.43. The highest BCUT2D eigenvalue weighted by Gasteiger charge is 2.17. The van der Waals surface area contributed by atoms with Gasteiger partial charge in [-0.3, -0.25) is 0 Å². The van der Waals surface area contributed by atoms with E-state index in [4.69, 9.17) is 10.1 Å². The lowest BCUT2D eigenvalue weighted by molar-refractivity contribution is -0.385. The molecule has 0 bridgehead atoms. The van der Waals surface area contributed by atoms with E-state index < -0.39 is 0 Å². The Balaban J connectivity index is 1.87. The van der Waals surface area contributed by atoms with Crippen LogP contribution in [0.15, 0.2) is 42.0 Å². The van der Waals surface area contributed by atoms with E-state index in [1.807, 2.05) is 35.9 Å². The number of aromatic amines is 1. The van der Waals surface area contributed by atoms with Crippen molar-refractivity contribution < 1.29 is 4.58 Å². The van der Waals surface area contributed by atoms with E-state index >= 15 is 0 Å². The van der Waals surface area contributed by atoms with Crippen molar-refractivity contribution in [2.45, 2.75) is 65.8 Å². The van der Waals surface area contributed by atoms with Crippen LogP contribution >= 0.6 is 0 Å². The molecule has 8 heteroatoms. The monoisotopic (exact) mass is 447 g/mol. The topological polar surface area (TPSA) is 88.2 Å². The molecule has 0 radical (unpaired) electrons. The summed E-state index contributed by atoms with van der Waals surface area (Å²) in [7, 11) is 1.93. The van der Waals surface area contributed by atoms with E-state index in [0.717, 1.165) is 73.5 Å². The third-order valence-corrected chi connectivity index (χ3v) is 5.43. The molecule has 0 aliphatic rings.